The van der Waals surface area contributed by atoms with Crippen LogP contribution in [-0.2, 0) is 18.0 Å². The predicted molar refractivity (Wildman–Crippen MR) is 103 cm³/mol. The van der Waals surface area contributed by atoms with E-state index in [-0.39, 0.29) is 10.8 Å². The van der Waals surface area contributed by atoms with Gasteiger partial charge < -0.3 is 0 Å². The fourth-order valence-electron chi connectivity index (χ4n) is 3.25. The molecular weight excluding hydrogens is 376 g/mol. The Morgan fingerprint density at radius 3 is 1.96 bits per heavy atom. The first-order chi connectivity index (χ1) is 12.3. The van der Waals surface area contributed by atoms with Crippen LogP contribution in [0.5, 0.6) is 0 Å². The molecule has 0 nitrogen and oxygen atoms in total. The van der Waals surface area contributed by atoms with Crippen LogP contribution >= 0.6 is 11.6 Å². The lowest BCUT2D eigenvalue weighted by Gasteiger charge is -2.32. The predicted octanol–water partition coefficient (Wildman–Crippen LogP) is 7.82. The van der Waals surface area contributed by atoms with Crippen molar-refractivity contribution in [2.24, 2.45) is 5.41 Å². The van der Waals surface area contributed by atoms with Crippen LogP contribution in [-0.4, -0.2) is 0 Å². The Morgan fingerprint density at radius 1 is 0.815 bits per heavy atom. The van der Waals surface area contributed by atoms with Crippen LogP contribution < -0.4 is 0 Å². The largest absolute Gasteiger partial charge is 0.416 e. The van der Waals surface area contributed by atoms with Gasteiger partial charge in [-0.05, 0) is 71.6 Å². The molecule has 0 amide bonds. The van der Waals surface area contributed by atoms with Crippen molar-refractivity contribution in [1.82, 2.24) is 0 Å². The van der Waals surface area contributed by atoms with Gasteiger partial charge in [-0.1, -0.05) is 51.4 Å². The third kappa shape index (κ3) is 6.24. The van der Waals surface area contributed by atoms with Crippen molar-refractivity contribution in [3.8, 4) is 0 Å². The van der Waals surface area contributed by atoms with Crippen molar-refractivity contribution in [1.29, 1.82) is 0 Å². The van der Waals surface area contributed by atoms with Gasteiger partial charge in [0, 0.05) is 5.02 Å². The molecule has 0 heterocycles. The monoisotopic (exact) mass is 400 g/mol. The molecule has 0 fully saturated rings. The smallest absolute Gasteiger partial charge is 0.207 e. The molecule has 2 aromatic rings. The summed E-state index contributed by atoms with van der Waals surface area (Å²) in [7, 11) is 0. The minimum absolute atomic E-state index is 0.0963. The van der Waals surface area contributed by atoms with Crippen LogP contribution in [0.2, 0.25) is 5.02 Å². The van der Waals surface area contributed by atoms with Crippen molar-refractivity contribution in [3.05, 3.63) is 70.0 Å². The Hall–Kier alpha value is -1.55. The molecule has 5 heteroatoms. The van der Waals surface area contributed by atoms with Crippen LogP contribution in [0, 0.1) is 11.2 Å². The van der Waals surface area contributed by atoms with Crippen LogP contribution in [0.4, 0.5) is 17.6 Å². The van der Waals surface area contributed by atoms with E-state index in [0.717, 1.165) is 24.5 Å². The zero-order valence-corrected chi connectivity index (χ0v) is 16.8. The maximum absolute atomic E-state index is 13.7. The third-order valence-electron chi connectivity index (χ3n) is 5.02. The van der Waals surface area contributed by atoms with Crippen molar-refractivity contribution < 1.29 is 17.6 Å². The highest BCUT2D eigenvalue weighted by molar-refractivity contribution is 6.30. The van der Waals surface area contributed by atoms with Crippen molar-refractivity contribution in [2.45, 2.75) is 58.5 Å². The highest BCUT2D eigenvalue weighted by Gasteiger charge is 2.32. The average molecular weight is 401 g/mol. The van der Waals surface area contributed by atoms with E-state index in [1.807, 2.05) is 38.1 Å². The van der Waals surface area contributed by atoms with E-state index in [1.165, 1.54) is 6.07 Å². The number of rotatable bonds is 6. The Balaban J connectivity index is 2.10. The van der Waals surface area contributed by atoms with Crippen LogP contribution in [0.15, 0.2) is 42.5 Å². The average Bonchev–Trinajstić information content (AvgIpc) is 2.52. The second-order valence-corrected chi connectivity index (χ2v) is 9.01. The summed E-state index contributed by atoms with van der Waals surface area (Å²) in [6.45, 7) is 8.28. The normalized spacial score (nSPS) is 13.1. The summed E-state index contributed by atoms with van der Waals surface area (Å²) in [4.78, 5) is 0. The van der Waals surface area contributed by atoms with Crippen LogP contribution in [0.1, 0.15) is 57.2 Å². The third-order valence-corrected chi connectivity index (χ3v) is 5.27. The molecular formula is C22H25ClF4. The van der Waals surface area contributed by atoms with E-state index in [9.17, 15) is 17.6 Å². The van der Waals surface area contributed by atoms with E-state index < -0.39 is 17.6 Å². The summed E-state index contributed by atoms with van der Waals surface area (Å²) in [5, 5.41) is 0.682. The molecule has 0 N–H and O–H groups in total. The number of hydrogen-bond acceptors (Lipinski definition) is 0. The van der Waals surface area contributed by atoms with Crippen molar-refractivity contribution in [3.63, 3.8) is 0 Å². The van der Waals surface area contributed by atoms with Gasteiger partial charge in [-0.15, -0.1) is 0 Å². The zero-order valence-electron chi connectivity index (χ0n) is 16.1. The number of hydrogen-bond donors (Lipinski definition) is 0. The van der Waals surface area contributed by atoms with Crippen LogP contribution in [0.3, 0.4) is 0 Å². The summed E-state index contributed by atoms with van der Waals surface area (Å²) in [6.07, 6.45) is -2.52. The maximum atomic E-state index is 13.7. The molecule has 0 radical (unpaired) electrons. The van der Waals surface area contributed by atoms with Gasteiger partial charge in [-0.3, -0.25) is 0 Å². The fraction of sp³-hybridized carbons (Fsp3) is 0.455. The van der Waals surface area contributed by atoms with Gasteiger partial charge in [0.15, 0.2) is 0 Å². The topological polar surface area (TPSA) is 0 Å². The molecule has 0 aliphatic heterocycles. The summed E-state index contributed by atoms with van der Waals surface area (Å²) >= 11 is 5.95. The molecule has 0 saturated carbocycles. The molecule has 2 rings (SSSR count). The summed E-state index contributed by atoms with van der Waals surface area (Å²) in [5.41, 5.74) is 0.237. The molecule has 0 unspecified atom stereocenters. The molecule has 0 aromatic heterocycles. The minimum Gasteiger partial charge on any atom is -0.207 e. The van der Waals surface area contributed by atoms with Crippen molar-refractivity contribution in [2.75, 3.05) is 0 Å². The summed E-state index contributed by atoms with van der Waals surface area (Å²) in [5.74, 6) is -0.850. The number of alkyl halides is 3. The summed E-state index contributed by atoms with van der Waals surface area (Å²) < 4.78 is 52.4. The molecule has 0 atom stereocenters. The standard InChI is InChI=1S/C22H25ClF4/c1-20(2,9-10-21(3,4)16-5-7-18(23)8-6-16)14-15-11-17(22(25,26)27)13-19(24)12-15/h5-8,11-13H,9-10,14H2,1-4H3. The highest BCUT2D eigenvalue weighted by atomic mass is 35.5. The lowest BCUT2D eigenvalue weighted by Crippen LogP contribution is -2.23. The Labute approximate surface area is 163 Å². The molecule has 0 bridgehead atoms. The van der Waals surface area contributed by atoms with E-state index in [1.54, 1.807) is 0 Å². The quantitative estimate of drug-likeness (QED) is 0.433. The first-order valence-corrected chi connectivity index (χ1v) is 9.29. The van der Waals surface area contributed by atoms with E-state index in [0.29, 0.717) is 23.1 Å². The molecule has 27 heavy (non-hydrogen) atoms. The first kappa shape index (κ1) is 21.7. The van der Waals surface area contributed by atoms with Gasteiger partial charge in [0.05, 0.1) is 5.56 Å². The van der Waals surface area contributed by atoms with Crippen molar-refractivity contribution >= 4 is 11.6 Å². The van der Waals surface area contributed by atoms with E-state index in [2.05, 4.69) is 13.8 Å². The van der Waals surface area contributed by atoms with Gasteiger partial charge in [0.25, 0.3) is 0 Å². The Morgan fingerprint density at radius 2 is 1.41 bits per heavy atom. The number of halogens is 5. The molecule has 0 aliphatic carbocycles. The number of benzene rings is 2. The van der Waals surface area contributed by atoms with Gasteiger partial charge in [0.1, 0.15) is 5.82 Å². The van der Waals surface area contributed by atoms with E-state index >= 15 is 0 Å². The second kappa shape index (κ2) is 7.83. The Bertz CT molecular complexity index is 774. The Kier molecular flexibility index (Phi) is 6.30. The van der Waals surface area contributed by atoms with Gasteiger partial charge in [-0.25, -0.2) is 4.39 Å². The second-order valence-electron chi connectivity index (χ2n) is 8.58. The highest BCUT2D eigenvalue weighted by Crippen LogP contribution is 2.37. The SMILES string of the molecule is CC(C)(CCC(C)(C)c1ccc(Cl)cc1)Cc1cc(F)cc(C(F)(F)F)c1. The zero-order chi connectivity index (χ0) is 20.5. The lowest BCUT2D eigenvalue weighted by molar-refractivity contribution is -0.137. The summed E-state index contributed by atoms with van der Waals surface area (Å²) in [6, 6.07) is 10.5. The molecule has 2 aromatic carbocycles. The first-order valence-electron chi connectivity index (χ1n) is 8.91. The van der Waals surface area contributed by atoms with Gasteiger partial charge in [-0.2, -0.15) is 13.2 Å². The molecule has 0 aliphatic rings. The minimum atomic E-state index is -4.54. The van der Waals surface area contributed by atoms with E-state index in [4.69, 9.17) is 11.6 Å². The fourth-order valence-corrected chi connectivity index (χ4v) is 3.38. The van der Waals surface area contributed by atoms with Crippen LogP contribution in [0.25, 0.3) is 0 Å². The maximum Gasteiger partial charge on any atom is 0.416 e. The van der Waals surface area contributed by atoms with Gasteiger partial charge >= 0.3 is 6.18 Å². The molecule has 0 saturated heterocycles. The van der Waals surface area contributed by atoms with Gasteiger partial charge in [0.2, 0.25) is 0 Å². The molecule has 0 spiro atoms. The molecule has 148 valence electrons. The lowest BCUT2D eigenvalue weighted by atomic mass is 9.73.